The van der Waals surface area contributed by atoms with Crippen LogP contribution in [0.5, 0.6) is 0 Å². The largest absolute Gasteiger partial charge is 0.383 e. The molecule has 0 fully saturated rings. The van der Waals surface area contributed by atoms with Crippen molar-refractivity contribution in [2.75, 3.05) is 5.32 Å². The highest BCUT2D eigenvalue weighted by Crippen LogP contribution is 2.14. The zero-order chi connectivity index (χ0) is 12.8. The Kier molecular flexibility index (Phi) is 4.18. The Morgan fingerprint density at radius 3 is 2.78 bits per heavy atom. The van der Waals surface area contributed by atoms with Crippen LogP contribution in [0.4, 0.5) is 5.69 Å². The minimum absolute atomic E-state index is 0.457. The molecule has 1 unspecified atom stereocenters. The van der Waals surface area contributed by atoms with Crippen LogP contribution in [0.1, 0.15) is 19.8 Å². The minimum atomic E-state index is 0.457. The first-order chi connectivity index (χ1) is 8.79. The molecule has 1 aromatic heterocycles. The van der Waals surface area contributed by atoms with E-state index in [0.717, 1.165) is 24.2 Å². The molecule has 0 bridgehead atoms. The van der Waals surface area contributed by atoms with E-state index in [1.54, 1.807) is 6.20 Å². The SMILES string of the molecule is C=CCCC(C)Nc1ccc(-n2cccn2)cc1. The number of hydrogen-bond acceptors (Lipinski definition) is 2. The van der Waals surface area contributed by atoms with Crippen molar-refractivity contribution >= 4 is 5.69 Å². The first-order valence-corrected chi connectivity index (χ1v) is 6.27. The molecule has 0 radical (unpaired) electrons. The molecule has 1 heterocycles. The van der Waals surface area contributed by atoms with Gasteiger partial charge in [-0.1, -0.05) is 6.08 Å². The summed E-state index contributed by atoms with van der Waals surface area (Å²) < 4.78 is 1.85. The van der Waals surface area contributed by atoms with Gasteiger partial charge in [0.05, 0.1) is 5.69 Å². The van der Waals surface area contributed by atoms with Gasteiger partial charge in [-0.3, -0.25) is 0 Å². The lowest BCUT2D eigenvalue weighted by atomic mass is 10.1. The van der Waals surface area contributed by atoms with Gasteiger partial charge in [-0.15, -0.1) is 6.58 Å². The van der Waals surface area contributed by atoms with Gasteiger partial charge in [-0.25, -0.2) is 4.68 Å². The maximum absolute atomic E-state index is 4.20. The molecule has 3 nitrogen and oxygen atoms in total. The monoisotopic (exact) mass is 241 g/mol. The molecule has 1 aromatic carbocycles. The van der Waals surface area contributed by atoms with E-state index in [0.29, 0.717) is 6.04 Å². The van der Waals surface area contributed by atoms with Crippen LogP contribution >= 0.6 is 0 Å². The molecule has 1 N–H and O–H groups in total. The molecule has 3 heteroatoms. The number of nitrogens with one attached hydrogen (secondary N) is 1. The second kappa shape index (κ2) is 6.05. The number of anilines is 1. The number of aromatic nitrogens is 2. The van der Waals surface area contributed by atoms with Gasteiger partial charge in [0.2, 0.25) is 0 Å². The average Bonchev–Trinajstić information content (AvgIpc) is 2.91. The van der Waals surface area contributed by atoms with Crippen molar-refractivity contribution in [3.8, 4) is 5.69 Å². The van der Waals surface area contributed by atoms with Gasteiger partial charge >= 0.3 is 0 Å². The molecular weight excluding hydrogens is 222 g/mol. The van der Waals surface area contributed by atoms with Gasteiger partial charge in [0, 0.05) is 24.1 Å². The van der Waals surface area contributed by atoms with E-state index in [1.165, 1.54) is 0 Å². The molecule has 0 saturated heterocycles. The minimum Gasteiger partial charge on any atom is -0.383 e. The van der Waals surface area contributed by atoms with Gasteiger partial charge < -0.3 is 5.32 Å². The van der Waals surface area contributed by atoms with E-state index >= 15 is 0 Å². The Morgan fingerprint density at radius 1 is 1.39 bits per heavy atom. The van der Waals surface area contributed by atoms with Crippen molar-refractivity contribution in [2.45, 2.75) is 25.8 Å². The van der Waals surface area contributed by atoms with E-state index in [2.05, 4.69) is 48.2 Å². The van der Waals surface area contributed by atoms with E-state index in [4.69, 9.17) is 0 Å². The molecule has 2 aromatic rings. The predicted molar refractivity (Wildman–Crippen MR) is 76.1 cm³/mol. The molecule has 0 spiro atoms. The number of benzene rings is 1. The van der Waals surface area contributed by atoms with Gasteiger partial charge in [-0.05, 0) is 50.1 Å². The summed E-state index contributed by atoms with van der Waals surface area (Å²) in [5, 5.41) is 7.67. The third-order valence-electron chi connectivity index (χ3n) is 2.85. The number of allylic oxidation sites excluding steroid dienone is 1. The first kappa shape index (κ1) is 12.4. The number of hydrogen-bond donors (Lipinski definition) is 1. The van der Waals surface area contributed by atoms with Crippen molar-refractivity contribution in [3.05, 3.63) is 55.4 Å². The van der Waals surface area contributed by atoms with Crippen molar-refractivity contribution in [1.82, 2.24) is 9.78 Å². The molecule has 18 heavy (non-hydrogen) atoms. The molecule has 1 atom stereocenters. The van der Waals surface area contributed by atoms with Crippen molar-refractivity contribution in [2.24, 2.45) is 0 Å². The predicted octanol–water partition coefficient (Wildman–Crippen LogP) is 3.64. The molecule has 0 aliphatic rings. The lowest BCUT2D eigenvalue weighted by molar-refractivity contribution is 0.719. The summed E-state index contributed by atoms with van der Waals surface area (Å²) in [6.45, 7) is 5.93. The Morgan fingerprint density at radius 2 is 2.17 bits per heavy atom. The topological polar surface area (TPSA) is 29.9 Å². The average molecular weight is 241 g/mol. The Labute approximate surface area is 108 Å². The van der Waals surface area contributed by atoms with Crippen LogP contribution in [0.2, 0.25) is 0 Å². The van der Waals surface area contributed by atoms with Crippen molar-refractivity contribution in [1.29, 1.82) is 0 Å². The highest BCUT2D eigenvalue weighted by atomic mass is 15.3. The van der Waals surface area contributed by atoms with Crippen molar-refractivity contribution < 1.29 is 0 Å². The summed E-state index contributed by atoms with van der Waals surface area (Å²) in [6, 6.07) is 10.7. The summed E-state index contributed by atoms with van der Waals surface area (Å²) in [5.74, 6) is 0. The van der Waals surface area contributed by atoms with Gasteiger partial charge in [-0.2, -0.15) is 5.10 Å². The second-order valence-corrected chi connectivity index (χ2v) is 4.41. The summed E-state index contributed by atoms with van der Waals surface area (Å²) in [7, 11) is 0. The fourth-order valence-corrected chi connectivity index (χ4v) is 1.86. The van der Waals surface area contributed by atoms with Crippen LogP contribution < -0.4 is 5.32 Å². The standard InChI is InChI=1S/C15H19N3/c1-3-4-6-13(2)17-14-7-9-15(10-8-14)18-12-5-11-16-18/h3,5,7-13,17H,1,4,6H2,2H3. The lowest BCUT2D eigenvalue weighted by Gasteiger charge is -2.14. The maximum atomic E-state index is 4.20. The summed E-state index contributed by atoms with van der Waals surface area (Å²) in [4.78, 5) is 0. The second-order valence-electron chi connectivity index (χ2n) is 4.41. The molecule has 94 valence electrons. The number of nitrogens with zero attached hydrogens (tertiary/aromatic N) is 2. The van der Waals surface area contributed by atoms with Crippen LogP contribution in [0.25, 0.3) is 5.69 Å². The Balaban J connectivity index is 1.97. The van der Waals surface area contributed by atoms with Crippen molar-refractivity contribution in [3.63, 3.8) is 0 Å². The van der Waals surface area contributed by atoms with Crippen LogP contribution in [0.3, 0.4) is 0 Å². The fraction of sp³-hybridized carbons (Fsp3) is 0.267. The Hall–Kier alpha value is -2.03. The summed E-state index contributed by atoms with van der Waals surface area (Å²) >= 11 is 0. The lowest BCUT2D eigenvalue weighted by Crippen LogP contribution is -2.14. The van der Waals surface area contributed by atoms with E-state index < -0.39 is 0 Å². The third-order valence-corrected chi connectivity index (χ3v) is 2.85. The number of rotatable bonds is 6. The van der Waals surface area contributed by atoms with E-state index in [1.807, 2.05) is 23.0 Å². The third kappa shape index (κ3) is 3.23. The Bertz CT molecular complexity index is 471. The van der Waals surface area contributed by atoms with Crippen LogP contribution in [-0.4, -0.2) is 15.8 Å². The maximum Gasteiger partial charge on any atom is 0.0647 e. The van der Waals surface area contributed by atoms with Gasteiger partial charge in [0.1, 0.15) is 0 Å². The first-order valence-electron chi connectivity index (χ1n) is 6.27. The van der Waals surface area contributed by atoms with E-state index in [-0.39, 0.29) is 0 Å². The molecular formula is C15H19N3. The zero-order valence-electron chi connectivity index (χ0n) is 10.7. The van der Waals surface area contributed by atoms with Crippen LogP contribution in [0, 0.1) is 0 Å². The van der Waals surface area contributed by atoms with Crippen LogP contribution in [-0.2, 0) is 0 Å². The smallest absolute Gasteiger partial charge is 0.0647 e. The normalized spacial score (nSPS) is 12.1. The highest BCUT2D eigenvalue weighted by molar-refractivity contribution is 5.48. The summed E-state index contributed by atoms with van der Waals surface area (Å²) in [6.07, 6.45) is 7.82. The van der Waals surface area contributed by atoms with Gasteiger partial charge in [0.15, 0.2) is 0 Å². The van der Waals surface area contributed by atoms with Gasteiger partial charge in [0.25, 0.3) is 0 Å². The molecule has 0 aliphatic heterocycles. The molecule has 0 saturated carbocycles. The molecule has 0 amide bonds. The van der Waals surface area contributed by atoms with Crippen LogP contribution in [0.15, 0.2) is 55.4 Å². The quantitative estimate of drug-likeness (QED) is 0.782. The fourth-order valence-electron chi connectivity index (χ4n) is 1.86. The highest BCUT2D eigenvalue weighted by Gasteiger charge is 2.01. The summed E-state index contributed by atoms with van der Waals surface area (Å²) in [5.41, 5.74) is 2.21. The molecule has 2 rings (SSSR count). The molecule has 0 aliphatic carbocycles. The zero-order valence-corrected chi connectivity index (χ0v) is 10.7. The van der Waals surface area contributed by atoms with E-state index in [9.17, 15) is 0 Å².